The second-order valence-electron chi connectivity index (χ2n) is 6.46. The summed E-state index contributed by atoms with van der Waals surface area (Å²) in [6.07, 6.45) is 11.8. The van der Waals surface area contributed by atoms with Crippen molar-refractivity contribution < 1.29 is 9.47 Å². The molecule has 2 unspecified atom stereocenters. The predicted molar refractivity (Wildman–Crippen MR) is 101 cm³/mol. The second-order valence-corrected chi connectivity index (χ2v) is 6.46. The molecule has 1 aromatic heterocycles. The average Bonchev–Trinajstić information content (AvgIpc) is 3.48. The Morgan fingerprint density at radius 1 is 1.19 bits per heavy atom. The van der Waals surface area contributed by atoms with Crippen molar-refractivity contribution in [2.24, 2.45) is 10.9 Å². The third-order valence-electron chi connectivity index (χ3n) is 4.47. The molecule has 1 fully saturated rings. The average molecular weight is 344 g/mol. The highest BCUT2D eigenvalue weighted by molar-refractivity contribution is 5.73. The molecule has 1 aromatic carbocycles. The number of pyridine rings is 1. The van der Waals surface area contributed by atoms with Crippen molar-refractivity contribution in [3.05, 3.63) is 89.8 Å². The number of allylic oxidation sites excluding steroid dienone is 1. The van der Waals surface area contributed by atoms with E-state index < -0.39 is 0 Å². The molecule has 2 heterocycles. The molecule has 1 saturated carbocycles. The summed E-state index contributed by atoms with van der Waals surface area (Å²) in [5.74, 6) is 1.82. The van der Waals surface area contributed by atoms with E-state index in [0.717, 1.165) is 23.4 Å². The van der Waals surface area contributed by atoms with Crippen molar-refractivity contribution in [1.82, 2.24) is 4.98 Å². The Morgan fingerprint density at radius 3 is 2.96 bits per heavy atom. The van der Waals surface area contributed by atoms with E-state index in [1.165, 1.54) is 5.56 Å². The summed E-state index contributed by atoms with van der Waals surface area (Å²) in [5, 5.41) is 0. The van der Waals surface area contributed by atoms with Crippen LogP contribution in [-0.4, -0.2) is 17.8 Å². The maximum absolute atomic E-state index is 5.87. The minimum absolute atomic E-state index is 0.492. The summed E-state index contributed by atoms with van der Waals surface area (Å²) in [7, 11) is 0. The first kappa shape index (κ1) is 16.4. The van der Waals surface area contributed by atoms with Gasteiger partial charge in [-0.25, -0.2) is 0 Å². The molecule has 0 bridgehead atoms. The first-order chi connectivity index (χ1) is 12.9. The predicted octanol–water partition coefficient (Wildman–Crippen LogP) is 4.42. The van der Waals surface area contributed by atoms with E-state index in [1.54, 1.807) is 24.7 Å². The number of hydrogen-bond donors (Lipinski definition) is 0. The van der Waals surface area contributed by atoms with Crippen LogP contribution in [0.15, 0.2) is 83.6 Å². The second kappa shape index (κ2) is 7.85. The molecule has 4 heteroatoms. The van der Waals surface area contributed by atoms with Crippen LogP contribution in [0.5, 0.6) is 5.75 Å². The Hall–Kier alpha value is -3.10. The number of ether oxygens (including phenoxy) is 2. The van der Waals surface area contributed by atoms with Crippen LogP contribution in [0.2, 0.25) is 0 Å². The maximum atomic E-state index is 5.87. The molecule has 0 N–H and O–H groups in total. The zero-order valence-corrected chi connectivity index (χ0v) is 14.4. The maximum Gasteiger partial charge on any atom is 0.138 e. The van der Waals surface area contributed by atoms with Crippen molar-refractivity contribution in [3.8, 4) is 5.75 Å². The first-order valence-electron chi connectivity index (χ1n) is 8.77. The smallest absolute Gasteiger partial charge is 0.138 e. The van der Waals surface area contributed by atoms with Crippen LogP contribution in [0, 0.1) is 5.92 Å². The van der Waals surface area contributed by atoms with Crippen LogP contribution in [0.3, 0.4) is 0 Å². The molecule has 1 aliphatic heterocycles. The van der Waals surface area contributed by atoms with E-state index in [0.29, 0.717) is 25.0 Å². The molecule has 0 amide bonds. The number of aliphatic imine (C=N–C) groups is 1. The van der Waals surface area contributed by atoms with Gasteiger partial charge in [-0.1, -0.05) is 30.3 Å². The molecule has 2 aromatic rings. The first-order valence-corrected chi connectivity index (χ1v) is 8.77. The topological polar surface area (TPSA) is 43.7 Å². The summed E-state index contributed by atoms with van der Waals surface area (Å²) in [4.78, 5) is 8.52. The quantitative estimate of drug-likeness (QED) is 0.552. The van der Waals surface area contributed by atoms with Crippen LogP contribution < -0.4 is 4.74 Å². The van der Waals surface area contributed by atoms with Crippen molar-refractivity contribution >= 4 is 6.21 Å². The molecule has 130 valence electrons. The summed E-state index contributed by atoms with van der Waals surface area (Å²) < 4.78 is 11.5. The van der Waals surface area contributed by atoms with Gasteiger partial charge in [0.05, 0.1) is 12.8 Å². The van der Waals surface area contributed by atoms with Gasteiger partial charge in [-0.05, 0) is 35.6 Å². The summed E-state index contributed by atoms with van der Waals surface area (Å²) in [5.41, 5.74) is 6.15. The van der Waals surface area contributed by atoms with Crippen LogP contribution >= 0.6 is 0 Å². The van der Waals surface area contributed by atoms with Gasteiger partial charge in [0, 0.05) is 24.4 Å². The highest BCUT2D eigenvalue weighted by atomic mass is 16.5. The van der Waals surface area contributed by atoms with E-state index in [9.17, 15) is 0 Å². The monoisotopic (exact) mass is 344 g/mol. The molecular weight excluding hydrogens is 324 g/mol. The van der Waals surface area contributed by atoms with Gasteiger partial charge in [0.15, 0.2) is 0 Å². The highest BCUT2D eigenvalue weighted by Crippen LogP contribution is 2.47. The highest BCUT2D eigenvalue weighted by Gasteiger charge is 2.39. The van der Waals surface area contributed by atoms with Crippen LogP contribution in [-0.2, 0) is 11.3 Å². The lowest BCUT2D eigenvalue weighted by Crippen LogP contribution is -1.97. The molecule has 26 heavy (non-hydrogen) atoms. The van der Waals surface area contributed by atoms with Gasteiger partial charge in [-0.15, -0.1) is 5.73 Å². The zero-order chi connectivity index (χ0) is 17.6. The Bertz CT molecular complexity index is 880. The summed E-state index contributed by atoms with van der Waals surface area (Å²) in [6.45, 7) is 1.25. The Kier molecular flexibility index (Phi) is 4.95. The van der Waals surface area contributed by atoms with Crippen LogP contribution in [0.1, 0.15) is 23.5 Å². The van der Waals surface area contributed by atoms with Crippen molar-refractivity contribution in [2.45, 2.75) is 18.9 Å². The lowest BCUT2D eigenvalue weighted by atomic mass is 10.1. The van der Waals surface area contributed by atoms with E-state index in [4.69, 9.17) is 9.47 Å². The minimum Gasteiger partial charge on any atom is -0.499 e. The molecular formula is C22H20N2O2. The molecule has 1 aliphatic carbocycles. The summed E-state index contributed by atoms with van der Waals surface area (Å²) >= 11 is 0. The Morgan fingerprint density at radius 2 is 2.12 bits per heavy atom. The SMILES string of the molecule is C1=CC=N/C(=C\OCC2CC2c2cncc(OCc3ccccc3)c2)C=1. The third-order valence-corrected chi connectivity index (χ3v) is 4.47. The van der Waals surface area contributed by atoms with Crippen molar-refractivity contribution in [2.75, 3.05) is 6.61 Å². The third kappa shape index (κ3) is 4.29. The molecule has 4 rings (SSSR count). The fraction of sp³-hybridized carbons (Fsp3) is 0.227. The largest absolute Gasteiger partial charge is 0.499 e. The van der Waals surface area contributed by atoms with E-state index in [2.05, 4.69) is 33.9 Å². The molecule has 0 radical (unpaired) electrons. The number of hydrogen-bond acceptors (Lipinski definition) is 4. The molecule has 4 nitrogen and oxygen atoms in total. The lowest BCUT2D eigenvalue weighted by molar-refractivity contribution is 0.230. The van der Waals surface area contributed by atoms with Gasteiger partial charge < -0.3 is 9.47 Å². The fourth-order valence-electron chi connectivity index (χ4n) is 2.96. The molecule has 0 spiro atoms. The van der Waals surface area contributed by atoms with Gasteiger partial charge in [0.25, 0.3) is 0 Å². The number of benzene rings is 1. The normalized spacial score (nSPS) is 21.8. The van der Waals surface area contributed by atoms with Gasteiger partial charge in [0.2, 0.25) is 0 Å². The van der Waals surface area contributed by atoms with Gasteiger partial charge in [-0.2, -0.15) is 0 Å². The Labute approximate surface area is 153 Å². The number of nitrogens with zero attached hydrogens (tertiary/aromatic N) is 2. The van der Waals surface area contributed by atoms with Crippen LogP contribution in [0.25, 0.3) is 0 Å². The molecule has 2 aliphatic rings. The van der Waals surface area contributed by atoms with Crippen LogP contribution in [0.4, 0.5) is 0 Å². The van der Waals surface area contributed by atoms with Gasteiger partial charge in [-0.3, -0.25) is 9.98 Å². The molecule has 2 atom stereocenters. The van der Waals surface area contributed by atoms with E-state index in [1.807, 2.05) is 30.5 Å². The van der Waals surface area contributed by atoms with Gasteiger partial charge in [0.1, 0.15) is 24.3 Å². The lowest BCUT2D eigenvalue weighted by Gasteiger charge is -2.08. The standard InChI is InChI=1S/C22H20N2O2/c1-2-6-17(7-3-1)14-26-21-10-18(12-23-13-21)22-11-19(22)15-25-16-20-8-4-5-9-24-20/h1-3,5-10,12-13,16,19,22H,11,14-15H2/b20-16-. The minimum atomic E-state index is 0.492. The fourth-order valence-corrected chi connectivity index (χ4v) is 2.96. The summed E-state index contributed by atoms with van der Waals surface area (Å²) in [6, 6.07) is 12.2. The zero-order valence-electron chi connectivity index (χ0n) is 14.4. The van der Waals surface area contributed by atoms with E-state index >= 15 is 0 Å². The number of aromatic nitrogens is 1. The molecule has 0 saturated heterocycles. The van der Waals surface area contributed by atoms with Crippen molar-refractivity contribution in [1.29, 1.82) is 0 Å². The van der Waals surface area contributed by atoms with Gasteiger partial charge >= 0.3 is 0 Å². The Balaban J connectivity index is 1.29. The van der Waals surface area contributed by atoms with E-state index in [-0.39, 0.29) is 0 Å². The van der Waals surface area contributed by atoms with Crippen molar-refractivity contribution in [3.63, 3.8) is 0 Å². The number of rotatable bonds is 7.